The fourth-order valence-electron chi connectivity index (χ4n) is 3.15. The van der Waals surface area contributed by atoms with Crippen molar-refractivity contribution in [3.63, 3.8) is 0 Å². The minimum atomic E-state index is -1.26. The van der Waals surface area contributed by atoms with E-state index in [1.54, 1.807) is 17.0 Å². The predicted octanol–water partition coefficient (Wildman–Crippen LogP) is 1.55. The number of carboxylic acids is 1. The van der Waals surface area contributed by atoms with Gasteiger partial charge in [0.25, 0.3) is 0 Å². The summed E-state index contributed by atoms with van der Waals surface area (Å²) in [6, 6.07) is 8.97. The highest BCUT2D eigenvalue weighted by Crippen LogP contribution is 2.30. The molecule has 1 N–H and O–H groups in total. The van der Waals surface area contributed by atoms with Crippen LogP contribution in [-0.4, -0.2) is 53.8 Å². The van der Waals surface area contributed by atoms with Crippen molar-refractivity contribution < 1.29 is 24.2 Å². The van der Waals surface area contributed by atoms with Gasteiger partial charge in [0.1, 0.15) is 5.75 Å². The largest absolute Gasteiger partial charge is 0.478 e. The van der Waals surface area contributed by atoms with Crippen molar-refractivity contribution in [2.75, 3.05) is 26.3 Å². The van der Waals surface area contributed by atoms with Gasteiger partial charge in [-0.1, -0.05) is 18.2 Å². The average molecular weight is 319 g/mol. The summed E-state index contributed by atoms with van der Waals surface area (Å²) in [4.78, 5) is 25.9. The summed E-state index contributed by atoms with van der Waals surface area (Å²) in [6.07, 6.45) is 1.33. The van der Waals surface area contributed by atoms with Gasteiger partial charge in [0.15, 0.2) is 0 Å². The summed E-state index contributed by atoms with van der Waals surface area (Å²) in [7, 11) is 0. The van der Waals surface area contributed by atoms with Gasteiger partial charge in [0, 0.05) is 32.5 Å². The molecule has 6 nitrogen and oxygen atoms in total. The molecule has 124 valence electrons. The molecule has 2 saturated heterocycles. The Bertz CT molecular complexity index is 560. The topological polar surface area (TPSA) is 76.1 Å². The van der Waals surface area contributed by atoms with E-state index in [9.17, 15) is 14.7 Å². The quantitative estimate of drug-likeness (QED) is 0.911. The highest BCUT2D eigenvalue weighted by atomic mass is 16.5. The Morgan fingerprint density at radius 1 is 1.22 bits per heavy atom. The molecule has 0 bridgehead atoms. The lowest BCUT2D eigenvalue weighted by atomic mass is 9.90. The highest BCUT2D eigenvalue weighted by Gasteiger charge is 2.45. The summed E-state index contributed by atoms with van der Waals surface area (Å²) in [5.41, 5.74) is -1.26. The first-order valence-corrected chi connectivity index (χ1v) is 7.95. The number of ether oxygens (including phenoxy) is 2. The van der Waals surface area contributed by atoms with Gasteiger partial charge in [0.2, 0.25) is 11.5 Å². The fraction of sp³-hybridized carbons (Fsp3) is 0.529. The molecule has 2 heterocycles. The van der Waals surface area contributed by atoms with Crippen LogP contribution in [0.3, 0.4) is 0 Å². The van der Waals surface area contributed by atoms with Gasteiger partial charge in [-0.2, -0.15) is 0 Å². The monoisotopic (exact) mass is 319 g/mol. The lowest BCUT2D eigenvalue weighted by Gasteiger charge is -2.39. The third-order valence-electron chi connectivity index (χ3n) is 4.61. The van der Waals surface area contributed by atoms with Crippen LogP contribution in [0.1, 0.15) is 19.3 Å². The summed E-state index contributed by atoms with van der Waals surface area (Å²) in [6.45, 7) is 1.89. The third kappa shape index (κ3) is 3.32. The predicted molar refractivity (Wildman–Crippen MR) is 82.2 cm³/mol. The van der Waals surface area contributed by atoms with Crippen molar-refractivity contribution in [1.29, 1.82) is 0 Å². The van der Waals surface area contributed by atoms with Gasteiger partial charge < -0.3 is 19.5 Å². The number of aliphatic carboxylic acids is 1. The average Bonchev–Trinajstić information content (AvgIpc) is 3.10. The SMILES string of the molecule is O=C([C@H]1CCOC1)N1CCC(Oc2ccccc2)(C(=O)O)CC1. The van der Waals surface area contributed by atoms with E-state index < -0.39 is 11.6 Å². The smallest absolute Gasteiger partial charge is 0.348 e. The summed E-state index contributed by atoms with van der Waals surface area (Å²) >= 11 is 0. The number of amides is 1. The number of hydrogen-bond acceptors (Lipinski definition) is 4. The summed E-state index contributed by atoms with van der Waals surface area (Å²) < 4.78 is 11.1. The zero-order chi connectivity index (χ0) is 16.3. The van der Waals surface area contributed by atoms with Gasteiger partial charge in [-0.15, -0.1) is 0 Å². The van der Waals surface area contributed by atoms with Crippen LogP contribution in [0.15, 0.2) is 30.3 Å². The maximum Gasteiger partial charge on any atom is 0.348 e. The Kier molecular flexibility index (Phi) is 4.52. The zero-order valence-electron chi connectivity index (χ0n) is 12.9. The van der Waals surface area contributed by atoms with Crippen LogP contribution in [-0.2, 0) is 14.3 Å². The zero-order valence-corrected chi connectivity index (χ0v) is 12.9. The molecule has 0 unspecified atom stereocenters. The van der Waals surface area contributed by atoms with Gasteiger partial charge in [-0.05, 0) is 18.6 Å². The van der Waals surface area contributed by atoms with Crippen molar-refractivity contribution in [1.82, 2.24) is 4.90 Å². The van der Waals surface area contributed by atoms with Crippen LogP contribution in [0, 0.1) is 5.92 Å². The van der Waals surface area contributed by atoms with E-state index >= 15 is 0 Å². The van der Waals surface area contributed by atoms with Crippen LogP contribution < -0.4 is 4.74 Å². The molecule has 2 aliphatic rings. The number of para-hydroxylation sites is 1. The Balaban J connectivity index is 1.66. The number of benzene rings is 1. The van der Waals surface area contributed by atoms with Crippen LogP contribution in [0.4, 0.5) is 0 Å². The molecular weight excluding hydrogens is 298 g/mol. The van der Waals surface area contributed by atoms with E-state index in [2.05, 4.69) is 0 Å². The summed E-state index contributed by atoms with van der Waals surface area (Å²) in [5.74, 6) is -0.444. The molecule has 0 radical (unpaired) electrons. The molecule has 2 fully saturated rings. The molecule has 23 heavy (non-hydrogen) atoms. The normalized spacial score (nSPS) is 23.5. The second kappa shape index (κ2) is 6.58. The molecule has 1 aromatic carbocycles. The van der Waals surface area contributed by atoms with Crippen molar-refractivity contribution in [3.8, 4) is 5.75 Å². The second-order valence-electron chi connectivity index (χ2n) is 6.10. The number of carbonyl (C=O) groups excluding carboxylic acids is 1. The first kappa shape index (κ1) is 15.8. The van der Waals surface area contributed by atoms with Crippen molar-refractivity contribution in [3.05, 3.63) is 30.3 Å². The maximum absolute atomic E-state index is 12.4. The molecule has 0 aromatic heterocycles. The Hall–Kier alpha value is -2.08. The van der Waals surface area contributed by atoms with Crippen molar-refractivity contribution >= 4 is 11.9 Å². The number of carboxylic acid groups (broad SMARTS) is 1. The molecule has 0 saturated carbocycles. The molecule has 0 spiro atoms. The Morgan fingerprint density at radius 3 is 2.48 bits per heavy atom. The molecule has 1 atom stereocenters. The highest BCUT2D eigenvalue weighted by molar-refractivity contribution is 5.81. The van der Waals surface area contributed by atoms with Crippen LogP contribution in [0.25, 0.3) is 0 Å². The van der Waals surface area contributed by atoms with E-state index in [-0.39, 0.29) is 24.7 Å². The van der Waals surface area contributed by atoms with E-state index in [0.29, 0.717) is 32.1 Å². The van der Waals surface area contributed by atoms with Crippen LogP contribution in [0.2, 0.25) is 0 Å². The van der Waals surface area contributed by atoms with Crippen LogP contribution >= 0.6 is 0 Å². The molecule has 1 aromatic rings. The molecule has 1 amide bonds. The lowest BCUT2D eigenvalue weighted by molar-refractivity contribution is -0.162. The van der Waals surface area contributed by atoms with Gasteiger partial charge in [0.05, 0.1) is 12.5 Å². The summed E-state index contributed by atoms with van der Waals surface area (Å²) in [5, 5.41) is 9.64. The van der Waals surface area contributed by atoms with E-state index in [1.807, 2.05) is 18.2 Å². The first-order valence-electron chi connectivity index (χ1n) is 7.95. The van der Waals surface area contributed by atoms with Crippen LogP contribution in [0.5, 0.6) is 5.75 Å². The number of rotatable bonds is 4. The molecule has 3 rings (SSSR count). The number of hydrogen-bond donors (Lipinski definition) is 1. The standard InChI is InChI=1S/C17H21NO5/c19-15(13-6-11-22-12-13)18-9-7-17(8-10-18,16(20)21)23-14-4-2-1-3-5-14/h1-5,13H,6-12H2,(H,20,21)/t13-/m0/s1. The van der Waals surface area contributed by atoms with E-state index in [4.69, 9.17) is 9.47 Å². The lowest BCUT2D eigenvalue weighted by Crippen LogP contribution is -2.55. The van der Waals surface area contributed by atoms with Gasteiger partial charge >= 0.3 is 5.97 Å². The fourth-order valence-corrected chi connectivity index (χ4v) is 3.15. The molecular formula is C17H21NO5. The van der Waals surface area contributed by atoms with Crippen molar-refractivity contribution in [2.24, 2.45) is 5.92 Å². The van der Waals surface area contributed by atoms with E-state index in [0.717, 1.165) is 6.42 Å². The molecule has 6 heteroatoms. The Labute approximate surface area is 135 Å². The molecule has 0 aliphatic carbocycles. The maximum atomic E-state index is 12.4. The van der Waals surface area contributed by atoms with Gasteiger partial charge in [-0.25, -0.2) is 4.79 Å². The van der Waals surface area contributed by atoms with Crippen molar-refractivity contribution in [2.45, 2.75) is 24.9 Å². The van der Waals surface area contributed by atoms with Gasteiger partial charge in [-0.3, -0.25) is 4.79 Å². The van der Waals surface area contributed by atoms with E-state index in [1.165, 1.54) is 0 Å². The number of nitrogens with zero attached hydrogens (tertiary/aromatic N) is 1. The third-order valence-corrected chi connectivity index (χ3v) is 4.61. The Morgan fingerprint density at radius 2 is 1.91 bits per heavy atom. The minimum Gasteiger partial charge on any atom is -0.478 e. The first-order chi connectivity index (χ1) is 11.1. The minimum absolute atomic E-state index is 0.0706. The number of piperidine rings is 1. The second-order valence-corrected chi connectivity index (χ2v) is 6.10. The molecule has 2 aliphatic heterocycles. The number of likely N-dealkylation sites (tertiary alicyclic amines) is 1. The number of carbonyl (C=O) groups is 2.